The normalized spacial score (nSPS) is 14.2. The first kappa shape index (κ1) is 15.0. The number of benzene rings is 1. The molecule has 2 heteroatoms. The highest BCUT2D eigenvalue weighted by atomic mass is 16.5. The lowest BCUT2D eigenvalue weighted by molar-refractivity contribution is 0.252. The number of rotatable bonds is 9. The summed E-state index contributed by atoms with van der Waals surface area (Å²) in [5.41, 5.74) is 0. The largest absolute Gasteiger partial charge is 0.494 e. The van der Waals surface area contributed by atoms with Gasteiger partial charge in [-0.3, -0.25) is 0 Å². The molecule has 0 fully saturated rings. The first-order valence-corrected chi connectivity index (χ1v) is 7.19. The molecule has 0 saturated carbocycles. The SMILES string of the molecule is CCCC(C)C(CCOc1ccccc1)NCC. The Balaban J connectivity index is 2.33. The van der Waals surface area contributed by atoms with Gasteiger partial charge in [-0.05, 0) is 37.4 Å². The Morgan fingerprint density at radius 2 is 1.83 bits per heavy atom. The fraction of sp³-hybridized carbons (Fsp3) is 0.625. The molecule has 0 heterocycles. The first-order valence-electron chi connectivity index (χ1n) is 7.19. The highest BCUT2D eigenvalue weighted by molar-refractivity contribution is 5.20. The molecule has 0 radical (unpaired) electrons. The summed E-state index contributed by atoms with van der Waals surface area (Å²) in [6.07, 6.45) is 3.61. The predicted molar refractivity (Wildman–Crippen MR) is 78.1 cm³/mol. The minimum absolute atomic E-state index is 0.568. The second-order valence-corrected chi connectivity index (χ2v) is 4.88. The molecule has 0 aliphatic heterocycles. The Labute approximate surface area is 112 Å². The molecule has 0 aromatic heterocycles. The maximum atomic E-state index is 5.77. The van der Waals surface area contributed by atoms with E-state index in [1.807, 2.05) is 30.3 Å². The third-order valence-electron chi connectivity index (χ3n) is 3.34. The van der Waals surface area contributed by atoms with Gasteiger partial charge in [-0.2, -0.15) is 0 Å². The summed E-state index contributed by atoms with van der Waals surface area (Å²) in [6, 6.07) is 10.6. The van der Waals surface area contributed by atoms with Gasteiger partial charge in [-0.1, -0.05) is 45.4 Å². The number of hydrogen-bond donors (Lipinski definition) is 1. The minimum Gasteiger partial charge on any atom is -0.494 e. The van der Waals surface area contributed by atoms with Crippen LogP contribution in [0, 0.1) is 5.92 Å². The number of ether oxygens (including phenoxy) is 1. The minimum atomic E-state index is 0.568. The van der Waals surface area contributed by atoms with Crippen LogP contribution in [0.3, 0.4) is 0 Å². The molecular formula is C16H27NO. The highest BCUT2D eigenvalue weighted by Gasteiger charge is 2.15. The van der Waals surface area contributed by atoms with Gasteiger partial charge in [0, 0.05) is 6.04 Å². The molecule has 0 amide bonds. The van der Waals surface area contributed by atoms with E-state index in [9.17, 15) is 0 Å². The van der Waals surface area contributed by atoms with Crippen LogP contribution in [0.15, 0.2) is 30.3 Å². The Kier molecular flexibility index (Phi) is 7.51. The van der Waals surface area contributed by atoms with E-state index in [1.54, 1.807) is 0 Å². The first-order chi connectivity index (χ1) is 8.77. The van der Waals surface area contributed by atoms with Crippen LogP contribution in [0.2, 0.25) is 0 Å². The molecule has 1 N–H and O–H groups in total. The lowest BCUT2D eigenvalue weighted by atomic mass is 9.94. The van der Waals surface area contributed by atoms with Crippen molar-refractivity contribution in [1.82, 2.24) is 5.32 Å². The Bertz CT molecular complexity index is 299. The van der Waals surface area contributed by atoms with Gasteiger partial charge in [0.05, 0.1) is 6.61 Å². The van der Waals surface area contributed by atoms with Crippen molar-refractivity contribution >= 4 is 0 Å². The quantitative estimate of drug-likeness (QED) is 0.717. The monoisotopic (exact) mass is 249 g/mol. The second-order valence-electron chi connectivity index (χ2n) is 4.88. The van der Waals surface area contributed by atoms with E-state index in [4.69, 9.17) is 4.74 Å². The fourth-order valence-electron chi connectivity index (χ4n) is 2.33. The van der Waals surface area contributed by atoms with E-state index in [-0.39, 0.29) is 0 Å². The van der Waals surface area contributed by atoms with Crippen LogP contribution in [0.1, 0.15) is 40.0 Å². The molecule has 2 atom stereocenters. The maximum Gasteiger partial charge on any atom is 0.119 e. The topological polar surface area (TPSA) is 21.3 Å². The van der Waals surface area contributed by atoms with Crippen molar-refractivity contribution in [2.24, 2.45) is 5.92 Å². The fourth-order valence-corrected chi connectivity index (χ4v) is 2.33. The van der Waals surface area contributed by atoms with Crippen molar-refractivity contribution in [2.75, 3.05) is 13.2 Å². The molecule has 102 valence electrons. The Morgan fingerprint density at radius 3 is 2.44 bits per heavy atom. The Morgan fingerprint density at radius 1 is 1.11 bits per heavy atom. The van der Waals surface area contributed by atoms with Crippen molar-refractivity contribution in [1.29, 1.82) is 0 Å². The van der Waals surface area contributed by atoms with Gasteiger partial charge in [-0.25, -0.2) is 0 Å². The van der Waals surface area contributed by atoms with Crippen LogP contribution in [0.5, 0.6) is 5.75 Å². The second kappa shape index (κ2) is 8.98. The van der Waals surface area contributed by atoms with Gasteiger partial charge >= 0.3 is 0 Å². The van der Waals surface area contributed by atoms with Crippen LogP contribution >= 0.6 is 0 Å². The molecule has 0 saturated heterocycles. The van der Waals surface area contributed by atoms with Crippen molar-refractivity contribution in [3.8, 4) is 5.75 Å². The summed E-state index contributed by atoms with van der Waals surface area (Å²) in [4.78, 5) is 0. The molecule has 1 aromatic rings. The molecule has 0 aliphatic carbocycles. The Hall–Kier alpha value is -1.02. The van der Waals surface area contributed by atoms with Crippen molar-refractivity contribution < 1.29 is 4.74 Å². The van der Waals surface area contributed by atoms with Gasteiger partial charge in [-0.15, -0.1) is 0 Å². The highest BCUT2D eigenvalue weighted by Crippen LogP contribution is 2.15. The molecule has 1 rings (SSSR count). The molecule has 0 bridgehead atoms. The van der Waals surface area contributed by atoms with E-state index < -0.39 is 0 Å². The molecule has 0 spiro atoms. The predicted octanol–water partition coefficient (Wildman–Crippen LogP) is 3.87. The van der Waals surface area contributed by atoms with Gasteiger partial charge in [0.15, 0.2) is 0 Å². The average Bonchev–Trinajstić information content (AvgIpc) is 2.39. The lowest BCUT2D eigenvalue weighted by Crippen LogP contribution is -2.36. The maximum absolute atomic E-state index is 5.77. The smallest absolute Gasteiger partial charge is 0.119 e. The summed E-state index contributed by atoms with van der Waals surface area (Å²) >= 11 is 0. The van der Waals surface area contributed by atoms with E-state index in [1.165, 1.54) is 12.8 Å². The lowest BCUT2D eigenvalue weighted by Gasteiger charge is -2.24. The van der Waals surface area contributed by atoms with E-state index >= 15 is 0 Å². The summed E-state index contributed by atoms with van der Waals surface area (Å²) in [5.74, 6) is 1.69. The molecule has 18 heavy (non-hydrogen) atoms. The standard InChI is InChI=1S/C16H27NO/c1-4-9-14(3)16(17-5-2)12-13-18-15-10-7-6-8-11-15/h6-8,10-11,14,16-17H,4-5,9,12-13H2,1-3H3. The summed E-state index contributed by atoms with van der Waals surface area (Å²) < 4.78 is 5.77. The zero-order valence-corrected chi connectivity index (χ0v) is 12.0. The van der Waals surface area contributed by atoms with Crippen molar-refractivity contribution in [3.63, 3.8) is 0 Å². The van der Waals surface area contributed by atoms with Gasteiger partial charge in [0.2, 0.25) is 0 Å². The molecule has 1 aromatic carbocycles. The molecular weight excluding hydrogens is 222 g/mol. The summed E-state index contributed by atoms with van der Waals surface area (Å²) in [5, 5.41) is 3.57. The summed E-state index contributed by atoms with van der Waals surface area (Å²) in [6.45, 7) is 8.57. The third kappa shape index (κ3) is 5.54. The number of hydrogen-bond acceptors (Lipinski definition) is 2. The van der Waals surface area contributed by atoms with Gasteiger partial charge < -0.3 is 10.1 Å². The van der Waals surface area contributed by atoms with Crippen LogP contribution < -0.4 is 10.1 Å². The molecule has 2 nitrogen and oxygen atoms in total. The van der Waals surface area contributed by atoms with Crippen LogP contribution in [-0.4, -0.2) is 19.2 Å². The van der Waals surface area contributed by atoms with Crippen LogP contribution in [0.25, 0.3) is 0 Å². The van der Waals surface area contributed by atoms with Gasteiger partial charge in [0.25, 0.3) is 0 Å². The average molecular weight is 249 g/mol. The van der Waals surface area contributed by atoms with E-state index in [0.29, 0.717) is 12.0 Å². The van der Waals surface area contributed by atoms with E-state index in [2.05, 4.69) is 26.1 Å². The number of para-hydroxylation sites is 1. The van der Waals surface area contributed by atoms with Gasteiger partial charge in [0.1, 0.15) is 5.75 Å². The summed E-state index contributed by atoms with van der Waals surface area (Å²) in [7, 11) is 0. The van der Waals surface area contributed by atoms with Crippen LogP contribution in [-0.2, 0) is 0 Å². The molecule has 2 unspecified atom stereocenters. The number of nitrogens with one attached hydrogen (secondary N) is 1. The van der Waals surface area contributed by atoms with E-state index in [0.717, 1.165) is 25.3 Å². The zero-order chi connectivity index (χ0) is 13.2. The van der Waals surface area contributed by atoms with Crippen molar-refractivity contribution in [3.05, 3.63) is 30.3 Å². The zero-order valence-electron chi connectivity index (χ0n) is 12.0. The third-order valence-corrected chi connectivity index (χ3v) is 3.34. The van der Waals surface area contributed by atoms with Crippen molar-refractivity contribution in [2.45, 2.75) is 46.1 Å². The van der Waals surface area contributed by atoms with Crippen LogP contribution in [0.4, 0.5) is 0 Å². The molecule has 0 aliphatic rings.